The topological polar surface area (TPSA) is 67.6 Å². The van der Waals surface area contributed by atoms with Gasteiger partial charge < -0.3 is 10.7 Å². The number of para-hydroxylation sites is 1. The van der Waals surface area contributed by atoms with Gasteiger partial charge in [0, 0.05) is 29.2 Å². The van der Waals surface area contributed by atoms with Crippen molar-refractivity contribution in [2.24, 2.45) is 5.73 Å². The van der Waals surface area contributed by atoms with Gasteiger partial charge in [-0.2, -0.15) is 0 Å². The zero-order chi connectivity index (χ0) is 12.5. The van der Waals surface area contributed by atoms with Crippen LogP contribution in [0.3, 0.4) is 0 Å². The summed E-state index contributed by atoms with van der Waals surface area (Å²) in [5.74, 6) is 0. The second kappa shape index (κ2) is 4.23. The lowest BCUT2D eigenvalue weighted by atomic mass is 10.1. The summed E-state index contributed by atoms with van der Waals surface area (Å²) in [5, 5.41) is 1.17. The summed E-state index contributed by atoms with van der Waals surface area (Å²) in [6, 6.07) is 6.23. The van der Waals surface area contributed by atoms with Gasteiger partial charge in [0.2, 0.25) is 0 Å². The number of fused-ring (bicyclic) bond motifs is 1. The number of nitrogens with two attached hydrogens (primary N) is 1. The van der Waals surface area contributed by atoms with Crippen molar-refractivity contribution >= 4 is 10.9 Å². The largest absolute Gasteiger partial charge is 0.360 e. The molecule has 0 spiro atoms. The van der Waals surface area contributed by atoms with E-state index in [0.29, 0.717) is 6.54 Å². The maximum absolute atomic E-state index is 5.52. The zero-order valence-electron chi connectivity index (χ0n) is 10.1. The van der Waals surface area contributed by atoms with Gasteiger partial charge in [-0.3, -0.25) is 9.97 Å². The first kappa shape index (κ1) is 10.9. The zero-order valence-corrected chi connectivity index (χ0v) is 10.1. The maximum atomic E-state index is 5.52. The second-order valence-electron chi connectivity index (χ2n) is 4.30. The number of H-pyrrole nitrogens is 1. The first-order chi connectivity index (χ1) is 8.79. The molecule has 90 valence electrons. The molecule has 18 heavy (non-hydrogen) atoms. The average Bonchev–Trinajstić information content (AvgIpc) is 2.84. The van der Waals surface area contributed by atoms with Crippen LogP contribution in [-0.4, -0.2) is 15.0 Å². The predicted octanol–water partition coefficient (Wildman–Crippen LogP) is 2.39. The van der Waals surface area contributed by atoms with Crippen molar-refractivity contribution in [2.75, 3.05) is 0 Å². The molecule has 3 aromatic rings. The number of nitrogens with one attached hydrogen (secondary N) is 1. The van der Waals surface area contributed by atoms with Crippen molar-refractivity contribution in [3.63, 3.8) is 0 Å². The van der Waals surface area contributed by atoms with Crippen LogP contribution in [0.15, 0.2) is 36.8 Å². The highest BCUT2D eigenvalue weighted by molar-refractivity contribution is 5.95. The lowest BCUT2D eigenvalue weighted by Gasteiger charge is -2.00. The molecule has 3 rings (SSSR count). The molecule has 2 aromatic heterocycles. The van der Waals surface area contributed by atoms with E-state index in [2.05, 4.69) is 40.1 Å². The number of aryl methyl sites for hydroxylation is 1. The van der Waals surface area contributed by atoms with Crippen molar-refractivity contribution in [1.29, 1.82) is 0 Å². The summed E-state index contributed by atoms with van der Waals surface area (Å²) < 4.78 is 0. The second-order valence-corrected chi connectivity index (χ2v) is 4.30. The third kappa shape index (κ3) is 1.67. The van der Waals surface area contributed by atoms with E-state index in [1.54, 1.807) is 12.4 Å². The van der Waals surface area contributed by atoms with Crippen molar-refractivity contribution in [2.45, 2.75) is 13.5 Å². The first-order valence-electron chi connectivity index (χ1n) is 5.87. The molecule has 0 fully saturated rings. The van der Waals surface area contributed by atoms with Gasteiger partial charge in [-0.1, -0.05) is 18.2 Å². The van der Waals surface area contributed by atoms with Crippen molar-refractivity contribution < 1.29 is 0 Å². The summed E-state index contributed by atoms with van der Waals surface area (Å²) >= 11 is 0. The predicted molar refractivity (Wildman–Crippen MR) is 72.0 cm³/mol. The number of rotatable bonds is 2. The van der Waals surface area contributed by atoms with Gasteiger partial charge >= 0.3 is 0 Å². The Morgan fingerprint density at radius 1 is 1.22 bits per heavy atom. The third-order valence-corrected chi connectivity index (χ3v) is 3.11. The Hall–Kier alpha value is -2.20. The number of hydrogen-bond donors (Lipinski definition) is 2. The number of benzene rings is 1. The van der Waals surface area contributed by atoms with Crippen LogP contribution in [0.4, 0.5) is 0 Å². The summed E-state index contributed by atoms with van der Waals surface area (Å²) in [6.45, 7) is 2.51. The molecule has 0 unspecified atom stereocenters. The Kier molecular flexibility index (Phi) is 2.57. The molecule has 1 aromatic carbocycles. The number of aromatic nitrogens is 3. The molecular formula is C14H14N4. The fourth-order valence-corrected chi connectivity index (χ4v) is 2.12. The van der Waals surface area contributed by atoms with E-state index in [-0.39, 0.29) is 0 Å². The molecular weight excluding hydrogens is 224 g/mol. The minimum Gasteiger partial charge on any atom is -0.360 e. The molecule has 4 heteroatoms. The molecule has 0 atom stereocenters. The molecule has 2 heterocycles. The molecule has 3 N–H and O–H groups in total. The van der Waals surface area contributed by atoms with E-state index < -0.39 is 0 Å². The Balaban J connectivity index is 2.16. The van der Waals surface area contributed by atoms with Gasteiger partial charge in [0.1, 0.15) is 0 Å². The molecule has 4 nitrogen and oxygen atoms in total. The van der Waals surface area contributed by atoms with E-state index in [0.717, 1.165) is 22.5 Å². The molecule has 0 aliphatic rings. The molecule has 0 aliphatic carbocycles. The van der Waals surface area contributed by atoms with E-state index >= 15 is 0 Å². The lowest BCUT2D eigenvalue weighted by Crippen LogP contribution is -2.00. The molecule has 0 amide bonds. The highest BCUT2D eigenvalue weighted by Gasteiger charge is 2.08. The van der Waals surface area contributed by atoms with Gasteiger partial charge in [-0.25, -0.2) is 0 Å². The molecule has 0 bridgehead atoms. The van der Waals surface area contributed by atoms with Gasteiger partial charge in [-0.15, -0.1) is 0 Å². The average molecular weight is 238 g/mol. The van der Waals surface area contributed by atoms with E-state index in [9.17, 15) is 0 Å². The van der Waals surface area contributed by atoms with Gasteiger partial charge in [-0.05, 0) is 12.5 Å². The SMILES string of the molecule is Cc1cccc2c(-c3cnc(CN)cn3)c[nH]c12. The first-order valence-corrected chi connectivity index (χ1v) is 5.87. The summed E-state index contributed by atoms with van der Waals surface area (Å²) in [4.78, 5) is 12.0. The van der Waals surface area contributed by atoms with Crippen molar-refractivity contribution in [3.8, 4) is 11.3 Å². The Morgan fingerprint density at radius 3 is 2.83 bits per heavy atom. The highest BCUT2D eigenvalue weighted by atomic mass is 14.8. The Labute approximate surface area is 105 Å². The van der Waals surface area contributed by atoms with Crippen molar-refractivity contribution in [3.05, 3.63) is 48.0 Å². The van der Waals surface area contributed by atoms with Crippen LogP contribution in [0.5, 0.6) is 0 Å². The summed E-state index contributed by atoms with van der Waals surface area (Å²) in [7, 11) is 0. The highest BCUT2D eigenvalue weighted by Crippen LogP contribution is 2.28. The van der Waals surface area contributed by atoms with E-state index in [1.165, 1.54) is 10.9 Å². The fraction of sp³-hybridized carbons (Fsp3) is 0.143. The van der Waals surface area contributed by atoms with Crippen LogP contribution in [-0.2, 0) is 6.54 Å². The van der Waals surface area contributed by atoms with Gasteiger partial charge in [0.05, 0.1) is 23.8 Å². The smallest absolute Gasteiger partial charge is 0.0906 e. The molecule has 0 saturated heterocycles. The van der Waals surface area contributed by atoms with Crippen molar-refractivity contribution in [1.82, 2.24) is 15.0 Å². The third-order valence-electron chi connectivity index (χ3n) is 3.11. The maximum Gasteiger partial charge on any atom is 0.0906 e. The number of aromatic amines is 1. The molecule has 0 radical (unpaired) electrons. The summed E-state index contributed by atoms with van der Waals surface area (Å²) in [6.07, 6.45) is 5.47. The Bertz CT molecular complexity index is 683. The van der Waals surface area contributed by atoms with Gasteiger partial charge in [0.25, 0.3) is 0 Å². The fourth-order valence-electron chi connectivity index (χ4n) is 2.12. The molecule has 0 saturated carbocycles. The normalized spacial score (nSPS) is 11.0. The van der Waals surface area contributed by atoms with E-state index in [4.69, 9.17) is 5.73 Å². The summed E-state index contributed by atoms with van der Waals surface area (Å²) in [5.41, 5.74) is 10.6. The van der Waals surface area contributed by atoms with Crippen LogP contribution < -0.4 is 5.73 Å². The quantitative estimate of drug-likeness (QED) is 0.720. The minimum absolute atomic E-state index is 0.417. The minimum atomic E-state index is 0.417. The standard InChI is InChI=1S/C14H14N4/c1-9-3-2-4-11-12(7-18-14(9)11)13-8-16-10(5-15)6-17-13/h2-4,6-8,18H,5,15H2,1H3. The monoisotopic (exact) mass is 238 g/mol. The van der Waals surface area contributed by atoms with E-state index in [1.807, 2.05) is 6.20 Å². The van der Waals surface area contributed by atoms with Crippen LogP contribution in [0.2, 0.25) is 0 Å². The van der Waals surface area contributed by atoms with Crippen LogP contribution in [0, 0.1) is 6.92 Å². The molecule has 0 aliphatic heterocycles. The van der Waals surface area contributed by atoms with Crippen LogP contribution >= 0.6 is 0 Å². The van der Waals surface area contributed by atoms with Gasteiger partial charge in [0.15, 0.2) is 0 Å². The van der Waals surface area contributed by atoms with Crippen LogP contribution in [0.25, 0.3) is 22.2 Å². The lowest BCUT2D eigenvalue weighted by molar-refractivity contribution is 0.966. The number of hydrogen-bond acceptors (Lipinski definition) is 3. The number of nitrogens with zero attached hydrogens (tertiary/aromatic N) is 2. The Morgan fingerprint density at radius 2 is 2.11 bits per heavy atom. The van der Waals surface area contributed by atoms with Crippen LogP contribution in [0.1, 0.15) is 11.3 Å².